The van der Waals surface area contributed by atoms with Gasteiger partial charge in [-0.3, -0.25) is 0 Å². The molecule has 0 aromatic heterocycles. The van der Waals surface area contributed by atoms with Gasteiger partial charge in [-0.2, -0.15) is 13.2 Å². The van der Waals surface area contributed by atoms with Crippen LogP contribution in [-0.4, -0.2) is 18.8 Å². The fourth-order valence-corrected chi connectivity index (χ4v) is 1.42. The summed E-state index contributed by atoms with van der Waals surface area (Å²) in [6.45, 7) is 5.16. The molecule has 0 aliphatic heterocycles. The molecule has 0 N–H and O–H groups in total. The van der Waals surface area contributed by atoms with Gasteiger partial charge in [-0.15, -0.1) is 0 Å². The number of carbonyl (C=O) groups excluding carboxylic acids is 1. The van der Waals surface area contributed by atoms with E-state index in [4.69, 9.17) is 14.6 Å². The normalized spacial score (nSPS) is 10.5. The van der Waals surface area contributed by atoms with E-state index in [2.05, 4.69) is 26.0 Å². The monoisotopic (exact) mass is 305 g/mol. The van der Waals surface area contributed by atoms with Crippen molar-refractivity contribution in [2.24, 2.45) is 0 Å². The zero-order chi connectivity index (χ0) is 16.3. The predicted octanol–water partition coefficient (Wildman–Crippen LogP) is 3.25. The topological polar surface area (TPSA) is 49.4 Å². The largest absolute Gasteiger partial charge is 0.542 e. The van der Waals surface area contributed by atoms with Crippen molar-refractivity contribution in [1.29, 1.82) is 0 Å². The number of alkyl halides is 3. The maximum Gasteiger partial charge on any atom is 0.430 e. The summed E-state index contributed by atoms with van der Waals surface area (Å²) in [5.74, 6) is -2.01. The summed E-state index contributed by atoms with van der Waals surface area (Å²) in [6, 6.07) is 8.23. The van der Waals surface area contributed by atoms with E-state index >= 15 is 0 Å². The molecule has 0 spiro atoms. The third-order valence-electron chi connectivity index (χ3n) is 2.49. The van der Waals surface area contributed by atoms with E-state index in [9.17, 15) is 13.2 Å². The molecule has 0 atom stereocenters. The van der Waals surface area contributed by atoms with Crippen molar-refractivity contribution in [1.82, 2.24) is 0 Å². The Morgan fingerprint density at radius 2 is 1.86 bits per heavy atom. The summed E-state index contributed by atoms with van der Waals surface area (Å²) >= 11 is 0. The van der Waals surface area contributed by atoms with Crippen LogP contribution < -0.4 is 9.84 Å². The molecule has 3 nitrogen and oxygen atoms in total. The summed E-state index contributed by atoms with van der Waals surface area (Å²) in [5, 5.41) is 8.78. The van der Waals surface area contributed by atoms with Crippen LogP contribution in [0.1, 0.15) is 38.2 Å². The Balaban J connectivity index is 0.000000486. The van der Waals surface area contributed by atoms with Crippen LogP contribution in [0.3, 0.4) is 0 Å². The Kier molecular flexibility index (Phi) is 9.25. The standard InChI is InChI=1S/C13H20O.C2HF3O2/c1-3-4-5-6-10-14-13-9-7-8-12(2)11-13;3-2(4,5)1(6)7/h7-9,11H,3-6,10H2,1-2H3;(H,6,7)/p-1. The molecule has 0 saturated carbocycles. The highest BCUT2D eigenvalue weighted by Crippen LogP contribution is 2.13. The van der Waals surface area contributed by atoms with E-state index in [0.29, 0.717) is 0 Å². The van der Waals surface area contributed by atoms with Crippen molar-refractivity contribution in [3.63, 3.8) is 0 Å². The lowest BCUT2D eigenvalue weighted by molar-refractivity contribution is -0.344. The molecule has 0 fully saturated rings. The van der Waals surface area contributed by atoms with Gasteiger partial charge >= 0.3 is 6.18 Å². The number of carbonyl (C=O) groups is 1. The van der Waals surface area contributed by atoms with E-state index < -0.39 is 12.1 Å². The number of ether oxygens (including phenoxy) is 1. The van der Waals surface area contributed by atoms with Gasteiger partial charge in [0.1, 0.15) is 11.7 Å². The van der Waals surface area contributed by atoms with Crippen molar-refractivity contribution in [2.75, 3.05) is 6.61 Å². The van der Waals surface area contributed by atoms with Gasteiger partial charge in [0.15, 0.2) is 0 Å². The molecule has 0 bridgehead atoms. The Morgan fingerprint density at radius 1 is 1.24 bits per heavy atom. The molecule has 0 unspecified atom stereocenters. The van der Waals surface area contributed by atoms with Gasteiger partial charge in [0.2, 0.25) is 0 Å². The highest BCUT2D eigenvalue weighted by molar-refractivity contribution is 5.70. The van der Waals surface area contributed by atoms with Gasteiger partial charge in [-0.1, -0.05) is 38.3 Å². The fraction of sp³-hybridized carbons (Fsp3) is 0.533. The van der Waals surface area contributed by atoms with Crippen molar-refractivity contribution in [3.05, 3.63) is 29.8 Å². The van der Waals surface area contributed by atoms with Crippen LogP contribution in [-0.2, 0) is 4.79 Å². The highest BCUT2D eigenvalue weighted by atomic mass is 19.4. The van der Waals surface area contributed by atoms with E-state index in [1.807, 2.05) is 12.1 Å². The van der Waals surface area contributed by atoms with Gasteiger partial charge in [-0.25, -0.2) is 0 Å². The van der Waals surface area contributed by atoms with Gasteiger partial charge in [-0.05, 0) is 31.0 Å². The highest BCUT2D eigenvalue weighted by Gasteiger charge is 2.28. The first-order chi connectivity index (χ1) is 9.77. The number of unbranched alkanes of at least 4 members (excludes halogenated alkanes) is 3. The Hall–Kier alpha value is -1.72. The minimum Gasteiger partial charge on any atom is -0.542 e. The van der Waals surface area contributed by atoms with Crippen LogP contribution in [0.4, 0.5) is 13.2 Å². The molecule has 1 aromatic carbocycles. The average molecular weight is 305 g/mol. The lowest BCUT2D eigenvalue weighted by atomic mass is 10.2. The summed E-state index contributed by atoms with van der Waals surface area (Å²) in [7, 11) is 0. The van der Waals surface area contributed by atoms with Crippen LogP contribution >= 0.6 is 0 Å². The lowest BCUT2D eigenvalue weighted by Crippen LogP contribution is -2.37. The minimum atomic E-state index is -5.19. The maximum atomic E-state index is 10.5. The van der Waals surface area contributed by atoms with E-state index in [-0.39, 0.29) is 0 Å². The summed E-state index contributed by atoms with van der Waals surface area (Å²) < 4.78 is 37.2. The first-order valence-corrected chi connectivity index (χ1v) is 6.75. The molecule has 0 aliphatic carbocycles. The zero-order valence-electron chi connectivity index (χ0n) is 12.2. The van der Waals surface area contributed by atoms with E-state index in [1.54, 1.807) is 0 Å². The van der Waals surface area contributed by atoms with Crippen molar-refractivity contribution in [3.8, 4) is 5.75 Å². The zero-order valence-corrected chi connectivity index (χ0v) is 12.2. The molecule has 0 amide bonds. The predicted molar refractivity (Wildman–Crippen MR) is 71.9 cm³/mol. The molecule has 1 rings (SSSR count). The number of halogens is 3. The van der Waals surface area contributed by atoms with Crippen molar-refractivity contribution >= 4 is 5.97 Å². The Morgan fingerprint density at radius 3 is 2.33 bits per heavy atom. The number of aryl methyl sites for hydroxylation is 1. The van der Waals surface area contributed by atoms with Crippen LogP contribution in [0.5, 0.6) is 5.75 Å². The third-order valence-corrected chi connectivity index (χ3v) is 2.49. The fourth-order valence-electron chi connectivity index (χ4n) is 1.42. The molecular weight excluding hydrogens is 285 g/mol. The number of aliphatic carboxylic acids is 1. The second kappa shape index (κ2) is 10.1. The average Bonchev–Trinajstić information content (AvgIpc) is 2.38. The first kappa shape index (κ1) is 19.3. The van der Waals surface area contributed by atoms with Crippen molar-refractivity contribution < 1.29 is 27.8 Å². The van der Waals surface area contributed by atoms with E-state index in [0.717, 1.165) is 12.4 Å². The first-order valence-electron chi connectivity index (χ1n) is 6.75. The second-order valence-electron chi connectivity index (χ2n) is 4.51. The number of hydrogen-bond donors (Lipinski definition) is 0. The second-order valence-corrected chi connectivity index (χ2v) is 4.51. The van der Waals surface area contributed by atoms with Crippen LogP contribution in [0.25, 0.3) is 0 Å². The smallest absolute Gasteiger partial charge is 0.430 e. The molecule has 6 heteroatoms. The molecule has 1 aromatic rings. The summed E-state index contributed by atoms with van der Waals surface area (Å²) in [4.78, 5) is 8.78. The van der Waals surface area contributed by atoms with Gasteiger partial charge < -0.3 is 14.6 Å². The minimum absolute atomic E-state index is 0.851. The number of benzene rings is 1. The SMILES string of the molecule is CCCCCCOc1cccc(C)c1.O=C([O-])C(F)(F)F. The summed E-state index contributed by atoms with van der Waals surface area (Å²) in [5.41, 5.74) is 1.26. The van der Waals surface area contributed by atoms with E-state index in [1.165, 1.54) is 31.2 Å². The van der Waals surface area contributed by atoms with Crippen LogP contribution in [0.2, 0.25) is 0 Å². The van der Waals surface area contributed by atoms with Gasteiger partial charge in [0, 0.05) is 0 Å². The van der Waals surface area contributed by atoms with Gasteiger partial charge in [0.05, 0.1) is 6.61 Å². The quantitative estimate of drug-likeness (QED) is 0.758. The number of carboxylic acids is 1. The number of rotatable bonds is 6. The molecule has 21 heavy (non-hydrogen) atoms. The molecule has 0 aliphatic rings. The third kappa shape index (κ3) is 10.7. The molecule has 0 heterocycles. The molecule has 0 saturated heterocycles. The Labute approximate surface area is 122 Å². The number of carboxylic acid groups (broad SMARTS) is 1. The molecule has 120 valence electrons. The van der Waals surface area contributed by atoms with Crippen molar-refractivity contribution in [2.45, 2.75) is 45.7 Å². The maximum absolute atomic E-state index is 10.5. The van der Waals surface area contributed by atoms with Crippen LogP contribution in [0.15, 0.2) is 24.3 Å². The molecule has 0 radical (unpaired) electrons. The van der Waals surface area contributed by atoms with Crippen LogP contribution in [0, 0.1) is 6.92 Å². The van der Waals surface area contributed by atoms with Gasteiger partial charge in [0.25, 0.3) is 0 Å². The summed E-state index contributed by atoms with van der Waals surface area (Å²) in [6.07, 6.45) is -0.147. The Bertz CT molecular complexity index is 417. The number of hydrogen-bond acceptors (Lipinski definition) is 3. The molecular formula is C15H20F3O3-. The lowest BCUT2D eigenvalue weighted by Gasteiger charge is -2.06.